The lowest BCUT2D eigenvalue weighted by atomic mass is 10.1. The van der Waals surface area contributed by atoms with Gasteiger partial charge in [0.1, 0.15) is 0 Å². The van der Waals surface area contributed by atoms with Crippen LogP contribution in [0.5, 0.6) is 5.75 Å². The number of nitro groups is 1. The number of nitrogens with zero attached hydrogens (tertiary/aromatic N) is 2. The molecule has 0 N–H and O–H groups in total. The Morgan fingerprint density at radius 2 is 1.80 bits per heavy atom. The van der Waals surface area contributed by atoms with Crippen molar-refractivity contribution >= 4 is 17.6 Å². The van der Waals surface area contributed by atoms with Gasteiger partial charge in [0, 0.05) is 19.2 Å². The van der Waals surface area contributed by atoms with Crippen LogP contribution in [0.15, 0.2) is 18.2 Å². The maximum absolute atomic E-state index is 12.2. The maximum atomic E-state index is 12.2. The lowest BCUT2D eigenvalue weighted by Gasteiger charge is -2.24. The highest BCUT2D eigenvalue weighted by molar-refractivity contribution is 5.92. The van der Waals surface area contributed by atoms with Gasteiger partial charge in [0.2, 0.25) is 0 Å². The molecule has 0 bridgehead atoms. The number of likely N-dealkylation sites (tertiary alicyclic amines) is 1. The minimum Gasteiger partial charge on any atom is -0.490 e. The number of carbonyl (C=O) groups excluding carboxylic acids is 2. The molecule has 2 rings (SSSR count). The molecule has 1 aromatic carbocycles. The van der Waals surface area contributed by atoms with Crippen LogP contribution in [0.25, 0.3) is 0 Å². The van der Waals surface area contributed by atoms with Crippen LogP contribution in [-0.2, 0) is 9.53 Å². The van der Waals surface area contributed by atoms with E-state index in [1.54, 1.807) is 4.90 Å². The standard InChI is InChI=1S/C17H22N2O6/c1-24-15-8-7-13(11-14(15)19(22)23)17(21)25-12-16(20)18-9-5-3-2-4-6-10-18/h7-8,11H,2-6,9-10,12H2,1H3. The highest BCUT2D eigenvalue weighted by atomic mass is 16.6. The Balaban J connectivity index is 1.96. The van der Waals surface area contributed by atoms with Crippen LogP contribution in [-0.4, -0.2) is 48.5 Å². The Kier molecular flexibility index (Phi) is 6.73. The highest BCUT2D eigenvalue weighted by Crippen LogP contribution is 2.27. The molecule has 8 nitrogen and oxygen atoms in total. The molecule has 0 aliphatic carbocycles. The van der Waals surface area contributed by atoms with Gasteiger partial charge in [0.05, 0.1) is 17.6 Å². The fourth-order valence-electron chi connectivity index (χ4n) is 2.76. The molecule has 0 aromatic heterocycles. The minimum absolute atomic E-state index is 0.00738. The zero-order chi connectivity index (χ0) is 18.2. The van der Waals surface area contributed by atoms with Gasteiger partial charge in [0.25, 0.3) is 5.91 Å². The molecule has 0 radical (unpaired) electrons. The number of hydrogen-bond acceptors (Lipinski definition) is 6. The van der Waals surface area contributed by atoms with Crippen LogP contribution in [0.1, 0.15) is 42.5 Å². The summed E-state index contributed by atoms with van der Waals surface area (Å²) in [6, 6.07) is 3.78. The molecule has 136 valence electrons. The Morgan fingerprint density at radius 3 is 2.40 bits per heavy atom. The Hall–Kier alpha value is -2.64. The maximum Gasteiger partial charge on any atom is 0.338 e. The predicted octanol–water partition coefficient (Wildman–Crippen LogP) is 2.55. The summed E-state index contributed by atoms with van der Waals surface area (Å²) in [4.78, 5) is 36.3. The topological polar surface area (TPSA) is 99.0 Å². The fraction of sp³-hybridized carbons (Fsp3) is 0.529. The molecule has 1 aromatic rings. The van der Waals surface area contributed by atoms with Gasteiger partial charge in [-0.2, -0.15) is 0 Å². The van der Waals surface area contributed by atoms with Gasteiger partial charge in [-0.15, -0.1) is 0 Å². The summed E-state index contributed by atoms with van der Waals surface area (Å²) < 4.78 is 9.92. The lowest BCUT2D eigenvalue weighted by molar-refractivity contribution is -0.385. The van der Waals surface area contributed by atoms with E-state index in [0.717, 1.165) is 31.7 Å². The minimum atomic E-state index is -0.772. The zero-order valence-corrected chi connectivity index (χ0v) is 14.2. The number of ether oxygens (including phenoxy) is 2. The smallest absolute Gasteiger partial charge is 0.338 e. The van der Waals surface area contributed by atoms with E-state index >= 15 is 0 Å². The number of rotatable bonds is 5. The van der Waals surface area contributed by atoms with E-state index in [1.165, 1.54) is 25.7 Å². The first-order valence-electron chi connectivity index (χ1n) is 8.30. The average Bonchev–Trinajstić information content (AvgIpc) is 2.58. The predicted molar refractivity (Wildman–Crippen MR) is 89.6 cm³/mol. The van der Waals surface area contributed by atoms with Crippen molar-refractivity contribution in [3.8, 4) is 5.75 Å². The third-order valence-corrected chi connectivity index (χ3v) is 4.15. The van der Waals surface area contributed by atoms with Crippen molar-refractivity contribution < 1.29 is 24.0 Å². The second kappa shape index (κ2) is 9.00. The molecule has 1 aliphatic rings. The van der Waals surface area contributed by atoms with Crippen molar-refractivity contribution in [3.63, 3.8) is 0 Å². The molecule has 0 unspecified atom stereocenters. The van der Waals surface area contributed by atoms with Crippen LogP contribution in [0, 0.1) is 10.1 Å². The number of esters is 1. The Labute approximate surface area is 145 Å². The average molecular weight is 350 g/mol. The lowest BCUT2D eigenvalue weighted by Crippen LogP contribution is -2.36. The van der Waals surface area contributed by atoms with E-state index in [9.17, 15) is 19.7 Å². The fourth-order valence-corrected chi connectivity index (χ4v) is 2.76. The third kappa shape index (κ3) is 5.17. The summed E-state index contributed by atoms with van der Waals surface area (Å²) in [5.41, 5.74) is -0.319. The molecule has 1 amide bonds. The van der Waals surface area contributed by atoms with Crippen molar-refractivity contribution in [1.82, 2.24) is 4.90 Å². The molecule has 1 fully saturated rings. The van der Waals surface area contributed by atoms with Crippen LogP contribution < -0.4 is 4.74 Å². The van der Waals surface area contributed by atoms with Crippen molar-refractivity contribution in [1.29, 1.82) is 0 Å². The molecule has 1 saturated heterocycles. The number of carbonyl (C=O) groups is 2. The van der Waals surface area contributed by atoms with Gasteiger partial charge in [-0.05, 0) is 25.0 Å². The number of hydrogen-bond donors (Lipinski definition) is 0. The number of amides is 1. The number of methoxy groups -OCH3 is 1. The second-order valence-electron chi connectivity index (χ2n) is 5.87. The zero-order valence-electron chi connectivity index (χ0n) is 14.2. The van der Waals surface area contributed by atoms with E-state index in [0.29, 0.717) is 13.1 Å². The first-order valence-corrected chi connectivity index (χ1v) is 8.30. The van der Waals surface area contributed by atoms with Gasteiger partial charge in [-0.1, -0.05) is 19.3 Å². The SMILES string of the molecule is COc1ccc(C(=O)OCC(=O)N2CCCCCCC2)cc1[N+](=O)[O-]. The first-order chi connectivity index (χ1) is 12.0. The molecule has 0 saturated carbocycles. The third-order valence-electron chi connectivity index (χ3n) is 4.15. The molecule has 8 heteroatoms. The van der Waals surface area contributed by atoms with Crippen molar-refractivity contribution in [2.75, 3.05) is 26.8 Å². The molecule has 0 spiro atoms. The van der Waals surface area contributed by atoms with E-state index in [-0.39, 0.29) is 29.5 Å². The van der Waals surface area contributed by atoms with Crippen LogP contribution in [0.2, 0.25) is 0 Å². The monoisotopic (exact) mass is 350 g/mol. The number of nitro benzene ring substituents is 1. The summed E-state index contributed by atoms with van der Waals surface area (Å²) in [6.07, 6.45) is 5.28. The molecular formula is C17H22N2O6. The van der Waals surface area contributed by atoms with Gasteiger partial charge in [-0.25, -0.2) is 4.79 Å². The van der Waals surface area contributed by atoms with E-state index < -0.39 is 10.9 Å². The van der Waals surface area contributed by atoms with E-state index in [2.05, 4.69) is 0 Å². The van der Waals surface area contributed by atoms with E-state index in [4.69, 9.17) is 9.47 Å². The largest absolute Gasteiger partial charge is 0.490 e. The summed E-state index contributed by atoms with van der Waals surface area (Å²) in [6.45, 7) is 0.980. The highest BCUT2D eigenvalue weighted by Gasteiger charge is 2.21. The van der Waals surface area contributed by atoms with Crippen molar-refractivity contribution in [2.45, 2.75) is 32.1 Å². The van der Waals surface area contributed by atoms with Crippen LogP contribution >= 0.6 is 0 Å². The summed E-state index contributed by atoms with van der Waals surface area (Å²) >= 11 is 0. The molecule has 25 heavy (non-hydrogen) atoms. The summed E-state index contributed by atoms with van der Waals surface area (Å²) in [7, 11) is 1.31. The molecule has 1 heterocycles. The van der Waals surface area contributed by atoms with Crippen LogP contribution in [0.3, 0.4) is 0 Å². The van der Waals surface area contributed by atoms with Gasteiger partial charge < -0.3 is 14.4 Å². The van der Waals surface area contributed by atoms with Crippen molar-refractivity contribution in [2.24, 2.45) is 0 Å². The van der Waals surface area contributed by atoms with E-state index in [1.807, 2.05) is 0 Å². The summed E-state index contributed by atoms with van der Waals surface area (Å²) in [5, 5.41) is 11.0. The normalized spacial score (nSPS) is 15.0. The quantitative estimate of drug-likeness (QED) is 0.460. The van der Waals surface area contributed by atoms with Crippen LogP contribution in [0.4, 0.5) is 5.69 Å². The molecular weight excluding hydrogens is 328 g/mol. The second-order valence-corrected chi connectivity index (χ2v) is 5.87. The van der Waals surface area contributed by atoms with Gasteiger partial charge >= 0.3 is 11.7 Å². The molecule has 0 atom stereocenters. The van der Waals surface area contributed by atoms with Gasteiger partial charge in [-0.3, -0.25) is 14.9 Å². The Morgan fingerprint density at radius 1 is 1.16 bits per heavy atom. The molecule has 1 aliphatic heterocycles. The number of benzene rings is 1. The van der Waals surface area contributed by atoms with Crippen molar-refractivity contribution in [3.05, 3.63) is 33.9 Å². The Bertz CT molecular complexity index is 638. The van der Waals surface area contributed by atoms with Gasteiger partial charge in [0.15, 0.2) is 12.4 Å². The first kappa shape index (κ1) is 18.7. The summed E-state index contributed by atoms with van der Waals surface area (Å²) in [5.74, 6) is -0.956.